The van der Waals surface area contributed by atoms with Gasteiger partial charge in [-0.15, -0.1) is 0 Å². The lowest BCUT2D eigenvalue weighted by Gasteiger charge is -2.19. The van der Waals surface area contributed by atoms with E-state index in [0.29, 0.717) is 12.1 Å². The van der Waals surface area contributed by atoms with E-state index >= 15 is 0 Å². The minimum atomic E-state index is -0.168. The molecule has 0 aliphatic carbocycles. The molecule has 0 radical (unpaired) electrons. The summed E-state index contributed by atoms with van der Waals surface area (Å²) in [5, 5.41) is 2.84. The largest absolute Gasteiger partial charge is 0.325 e. The molecule has 0 saturated heterocycles. The smallest absolute Gasteiger partial charge is 0.254 e. The number of nitrogens with one attached hydrogen (secondary N) is 1. The third-order valence-electron chi connectivity index (χ3n) is 3.35. The van der Waals surface area contributed by atoms with E-state index in [9.17, 15) is 9.59 Å². The first-order chi connectivity index (χ1) is 10.1. The number of hydrogen-bond donors (Lipinski definition) is 1. The summed E-state index contributed by atoms with van der Waals surface area (Å²) in [7, 11) is 0. The van der Waals surface area contributed by atoms with Gasteiger partial charge in [-0.3, -0.25) is 9.59 Å². The fourth-order valence-electron chi connectivity index (χ4n) is 2.35. The minimum Gasteiger partial charge on any atom is -0.325 e. The van der Waals surface area contributed by atoms with Crippen molar-refractivity contribution in [2.75, 3.05) is 11.9 Å². The summed E-state index contributed by atoms with van der Waals surface area (Å²) in [6.45, 7) is 0.498. The van der Waals surface area contributed by atoms with Gasteiger partial charge in [0, 0.05) is 21.4 Å². The van der Waals surface area contributed by atoms with Crippen LogP contribution in [0.1, 0.15) is 15.9 Å². The number of para-hydroxylation sites is 1. The third kappa shape index (κ3) is 3.07. The van der Waals surface area contributed by atoms with Crippen molar-refractivity contribution >= 4 is 40.1 Å². The maximum atomic E-state index is 12.6. The molecule has 2 aromatic rings. The molecular weight excluding hydrogens is 379 g/mol. The molecule has 0 saturated carbocycles. The van der Waals surface area contributed by atoms with Crippen LogP contribution in [-0.2, 0) is 11.3 Å². The zero-order valence-corrected chi connectivity index (χ0v) is 13.3. The van der Waals surface area contributed by atoms with Gasteiger partial charge in [-0.1, -0.05) is 24.3 Å². The number of nitrogens with zero attached hydrogens (tertiary/aromatic N) is 1. The Kier molecular flexibility index (Phi) is 3.92. The number of rotatable bonds is 1. The number of carbonyl (C=O) groups is 2. The van der Waals surface area contributed by atoms with E-state index < -0.39 is 0 Å². The average molecular weight is 392 g/mol. The molecule has 2 aromatic carbocycles. The Morgan fingerprint density at radius 2 is 1.90 bits per heavy atom. The number of carbonyl (C=O) groups excluding carboxylic acids is 2. The highest BCUT2D eigenvalue weighted by Crippen LogP contribution is 2.21. The van der Waals surface area contributed by atoms with Crippen LogP contribution in [0, 0.1) is 3.57 Å². The van der Waals surface area contributed by atoms with Crippen molar-refractivity contribution in [2.24, 2.45) is 0 Å². The Balaban J connectivity index is 1.92. The van der Waals surface area contributed by atoms with Crippen LogP contribution < -0.4 is 5.32 Å². The van der Waals surface area contributed by atoms with E-state index in [0.717, 1.165) is 14.8 Å². The molecule has 0 aromatic heterocycles. The Labute approximate surface area is 136 Å². The Morgan fingerprint density at radius 1 is 1.10 bits per heavy atom. The van der Waals surface area contributed by atoms with Gasteiger partial charge in [0.25, 0.3) is 5.91 Å². The fourth-order valence-corrected chi connectivity index (χ4v) is 2.90. The molecule has 2 amide bonds. The second-order valence-corrected chi connectivity index (χ2v) is 6.12. The van der Waals surface area contributed by atoms with Crippen molar-refractivity contribution in [3.8, 4) is 0 Å². The quantitative estimate of drug-likeness (QED) is 0.759. The molecule has 0 spiro atoms. The predicted molar refractivity (Wildman–Crippen MR) is 89.0 cm³/mol. The molecule has 3 rings (SSSR count). The molecule has 0 unspecified atom stereocenters. The highest BCUT2D eigenvalue weighted by molar-refractivity contribution is 14.1. The van der Waals surface area contributed by atoms with Gasteiger partial charge in [0.15, 0.2) is 0 Å². The molecule has 0 bridgehead atoms. The fraction of sp³-hybridized carbons (Fsp3) is 0.125. The van der Waals surface area contributed by atoms with Crippen molar-refractivity contribution in [3.63, 3.8) is 0 Å². The summed E-state index contributed by atoms with van der Waals surface area (Å²) in [6, 6.07) is 14.9. The normalized spacial score (nSPS) is 14.1. The number of benzene rings is 2. The summed E-state index contributed by atoms with van der Waals surface area (Å²) in [4.78, 5) is 26.1. The topological polar surface area (TPSA) is 49.4 Å². The Morgan fingerprint density at radius 3 is 2.71 bits per heavy atom. The molecule has 1 aliphatic heterocycles. The summed E-state index contributed by atoms with van der Waals surface area (Å²) in [5.74, 6) is -0.292. The van der Waals surface area contributed by atoms with Crippen molar-refractivity contribution in [2.45, 2.75) is 6.54 Å². The van der Waals surface area contributed by atoms with Crippen LogP contribution in [0.3, 0.4) is 0 Å². The van der Waals surface area contributed by atoms with Crippen LogP contribution in [-0.4, -0.2) is 23.3 Å². The molecule has 0 fully saturated rings. The van der Waals surface area contributed by atoms with Crippen LogP contribution in [0.5, 0.6) is 0 Å². The number of halogens is 1. The summed E-state index contributed by atoms with van der Waals surface area (Å²) in [6.07, 6.45) is 0. The zero-order valence-electron chi connectivity index (χ0n) is 11.2. The molecule has 5 heteroatoms. The van der Waals surface area contributed by atoms with Crippen LogP contribution in [0.25, 0.3) is 0 Å². The van der Waals surface area contributed by atoms with Crippen molar-refractivity contribution < 1.29 is 9.59 Å². The van der Waals surface area contributed by atoms with Gasteiger partial charge in [-0.05, 0) is 52.4 Å². The molecule has 4 nitrogen and oxygen atoms in total. The Hall–Kier alpha value is -1.89. The average Bonchev–Trinajstić information content (AvgIpc) is 2.64. The van der Waals surface area contributed by atoms with Crippen LogP contribution in [0.4, 0.5) is 5.69 Å². The molecule has 21 heavy (non-hydrogen) atoms. The first-order valence-electron chi connectivity index (χ1n) is 6.56. The van der Waals surface area contributed by atoms with E-state index in [2.05, 4.69) is 27.9 Å². The van der Waals surface area contributed by atoms with Gasteiger partial charge < -0.3 is 10.2 Å². The third-order valence-corrected chi connectivity index (χ3v) is 4.02. The van der Waals surface area contributed by atoms with E-state index in [4.69, 9.17) is 0 Å². The van der Waals surface area contributed by atoms with Crippen molar-refractivity contribution in [1.82, 2.24) is 4.90 Å². The molecule has 1 heterocycles. The molecule has 0 atom stereocenters. The second-order valence-electron chi connectivity index (χ2n) is 4.88. The lowest BCUT2D eigenvalue weighted by Crippen LogP contribution is -2.35. The van der Waals surface area contributed by atoms with E-state index in [1.165, 1.54) is 0 Å². The van der Waals surface area contributed by atoms with Gasteiger partial charge in [-0.25, -0.2) is 0 Å². The van der Waals surface area contributed by atoms with Gasteiger partial charge in [0.2, 0.25) is 5.91 Å². The highest BCUT2D eigenvalue weighted by Gasteiger charge is 2.23. The SMILES string of the molecule is O=C1CN(C(=O)c2cccc(I)c2)Cc2ccccc2N1. The lowest BCUT2D eigenvalue weighted by atomic mass is 10.1. The van der Waals surface area contributed by atoms with E-state index in [1.54, 1.807) is 11.0 Å². The standard InChI is InChI=1S/C16H13IN2O2/c17-13-6-3-5-11(8-13)16(21)19-9-12-4-1-2-7-14(12)18-15(20)10-19/h1-8H,9-10H2,(H,18,20). The van der Waals surface area contributed by atoms with Gasteiger partial charge in [-0.2, -0.15) is 0 Å². The van der Waals surface area contributed by atoms with Crippen LogP contribution >= 0.6 is 22.6 Å². The summed E-state index contributed by atoms with van der Waals surface area (Å²) in [5.41, 5.74) is 2.33. The first kappa shape index (κ1) is 14.1. The molecule has 1 aliphatic rings. The van der Waals surface area contributed by atoms with Gasteiger partial charge in [0.05, 0.1) is 0 Å². The summed E-state index contributed by atoms with van der Waals surface area (Å²) < 4.78 is 0.998. The maximum Gasteiger partial charge on any atom is 0.254 e. The minimum absolute atomic E-state index is 0.0684. The van der Waals surface area contributed by atoms with Gasteiger partial charge in [0.1, 0.15) is 6.54 Å². The van der Waals surface area contributed by atoms with Crippen LogP contribution in [0.15, 0.2) is 48.5 Å². The van der Waals surface area contributed by atoms with Gasteiger partial charge >= 0.3 is 0 Å². The Bertz CT molecular complexity index is 715. The predicted octanol–water partition coefficient (Wildman–Crippen LogP) is 2.89. The zero-order chi connectivity index (χ0) is 14.8. The summed E-state index contributed by atoms with van der Waals surface area (Å²) >= 11 is 2.17. The molecular formula is C16H13IN2O2. The number of anilines is 1. The molecule has 106 valence electrons. The van der Waals surface area contributed by atoms with E-state index in [-0.39, 0.29) is 18.4 Å². The lowest BCUT2D eigenvalue weighted by molar-refractivity contribution is -0.116. The van der Waals surface area contributed by atoms with Crippen molar-refractivity contribution in [1.29, 1.82) is 0 Å². The van der Waals surface area contributed by atoms with Crippen LogP contribution in [0.2, 0.25) is 0 Å². The molecule has 1 N–H and O–H groups in total. The highest BCUT2D eigenvalue weighted by atomic mass is 127. The van der Waals surface area contributed by atoms with E-state index in [1.807, 2.05) is 42.5 Å². The monoisotopic (exact) mass is 392 g/mol. The number of fused-ring (bicyclic) bond motifs is 1. The number of hydrogen-bond acceptors (Lipinski definition) is 2. The second kappa shape index (κ2) is 5.85. The first-order valence-corrected chi connectivity index (χ1v) is 7.64. The van der Waals surface area contributed by atoms with Crippen molar-refractivity contribution in [3.05, 3.63) is 63.2 Å². The number of amides is 2. The maximum absolute atomic E-state index is 12.6.